The maximum atomic E-state index is 12.5. The molecule has 0 atom stereocenters. The third kappa shape index (κ3) is 6.11. The fourth-order valence-electron chi connectivity index (χ4n) is 2.83. The average Bonchev–Trinajstić information content (AvgIpc) is 2.78. The van der Waals surface area contributed by atoms with Gasteiger partial charge < -0.3 is 10.1 Å². The number of benzene rings is 3. The van der Waals surface area contributed by atoms with Crippen molar-refractivity contribution >= 4 is 40.9 Å². The molecule has 0 heterocycles. The van der Waals surface area contributed by atoms with Crippen molar-refractivity contribution in [1.82, 2.24) is 0 Å². The van der Waals surface area contributed by atoms with E-state index in [-0.39, 0.29) is 12.2 Å². The molecule has 1 N–H and O–H groups in total. The topological polar surface area (TPSA) is 62.1 Å². The van der Waals surface area contributed by atoms with Crippen LogP contribution in [0.1, 0.15) is 23.6 Å². The van der Waals surface area contributed by atoms with E-state index in [1.807, 2.05) is 48.5 Å². The third-order valence-corrected chi connectivity index (χ3v) is 5.26. The van der Waals surface area contributed by atoms with Crippen LogP contribution in [0.25, 0.3) is 6.08 Å². The summed E-state index contributed by atoms with van der Waals surface area (Å²) in [6.45, 7) is 2.33. The molecule has 6 heteroatoms. The van der Waals surface area contributed by atoms with Crippen molar-refractivity contribution in [3.05, 3.63) is 99.0 Å². The molecule has 0 saturated heterocycles. The van der Waals surface area contributed by atoms with Crippen LogP contribution in [0, 0.1) is 11.3 Å². The summed E-state index contributed by atoms with van der Waals surface area (Å²) in [5.41, 5.74) is 3.23. The maximum absolute atomic E-state index is 12.5. The number of halogens is 2. The lowest BCUT2D eigenvalue weighted by Crippen LogP contribution is -2.13. The quantitative estimate of drug-likeness (QED) is 0.322. The molecule has 31 heavy (non-hydrogen) atoms. The first-order valence-electron chi connectivity index (χ1n) is 9.68. The van der Waals surface area contributed by atoms with E-state index in [2.05, 4.69) is 12.2 Å². The summed E-state index contributed by atoms with van der Waals surface area (Å²) in [7, 11) is 0. The molecule has 1 amide bonds. The van der Waals surface area contributed by atoms with Gasteiger partial charge in [0.05, 0.1) is 5.02 Å². The third-order valence-electron chi connectivity index (χ3n) is 4.59. The fraction of sp³-hybridized carbons (Fsp3) is 0.120. The lowest BCUT2D eigenvalue weighted by molar-refractivity contribution is -0.112. The predicted molar refractivity (Wildman–Crippen MR) is 125 cm³/mol. The first-order valence-corrected chi connectivity index (χ1v) is 10.4. The highest BCUT2D eigenvalue weighted by molar-refractivity contribution is 6.32. The zero-order valence-electron chi connectivity index (χ0n) is 16.9. The van der Waals surface area contributed by atoms with Crippen LogP contribution < -0.4 is 10.1 Å². The monoisotopic (exact) mass is 450 g/mol. The Labute approximate surface area is 191 Å². The number of anilines is 1. The van der Waals surface area contributed by atoms with E-state index in [4.69, 9.17) is 27.9 Å². The van der Waals surface area contributed by atoms with Crippen LogP contribution in [0.3, 0.4) is 0 Å². The number of nitrogens with zero attached hydrogens (tertiary/aromatic N) is 1. The van der Waals surface area contributed by atoms with Gasteiger partial charge in [0, 0.05) is 16.3 Å². The Morgan fingerprint density at radius 1 is 1.06 bits per heavy atom. The Hall–Kier alpha value is -3.26. The van der Waals surface area contributed by atoms with Gasteiger partial charge in [-0.3, -0.25) is 4.79 Å². The Bertz CT molecular complexity index is 1150. The van der Waals surface area contributed by atoms with Crippen LogP contribution in [0.2, 0.25) is 10.0 Å². The van der Waals surface area contributed by atoms with Crippen molar-refractivity contribution < 1.29 is 9.53 Å². The number of nitriles is 1. The van der Waals surface area contributed by atoms with Gasteiger partial charge in [-0.1, -0.05) is 66.5 Å². The minimum absolute atomic E-state index is 0.0274. The van der Waals surface area contributed by atoms with Gasteiger partial charge in [-0.05, 0) is 54.0 Å². The van der Waals surface area contributed by atoms with Gasteiger partial charge in [-0.15, -0.1) is 0 Å². The molecule has 0 aliphatic heterocycles. The Kier molecular flexibility index (Phi) is 7.72. The average molecular weight is 451 g/mol. The standard InChI is InChI=1S/C25H20Cl2N2O2/c1-2-17-7-10-21(11-8-17)29-25(30)20(15-28)13-18-9-12-24(23(27)14-18)31-16-19-5-3-4-6-22(19)26/h3-14H,2,16H2,1H3,(H,29,30)/b20-13+. The number of nitrogens with one attached hydrogen (secondary N) is 1. The van der Waals surface area contributed by atoms with Gasteiger partial charge >= 0.3 is 0 Å². The molecular weight excluding hydrogens is 431 g/mol. The zero-order chi connectivity index (χ0) is 22.2. The van der Waals surface area contributed by atoms with Crippen molar-refractivity contribution in [2.75, 3.05) is 5.32 Å². The normalized spacial score (nSPS) is 11.0. The number of carbonyl (C=O) groups excluding carboxylic acids is 1. The number of hydrogen-bond acceptors (Lipinski definition) is 3. The van der Waals surface area contributed by atoms with E-state index < -0.39 is 5.91 Å². The molecular formula is C25H20Cl2N2O2. The van der Waals surface area contributed by atoms with Crippen molar-refractivity contribution in [2.45, 2.75) is 20.0 Å². The molecule has 0 aliphatic carbocycles. The van der Waals surface area contributed by atoms with Gasteiger partial charge in [0.1, 0.15) is 24.0 Å². The summed E-state index contributed by atoms with van der Waals surface area (Å²) >= 11 is 12.5. The predicted octanol–water partition coefficient (Wildman–Crippen LogP) is 6.68. The summed E-state index contributed by atoms with van der Waals surface area (Å²) in [5, 5.41) is 13.2. The van der Waals surface area contributed by atoms with Crippen molar-refractivity contribution in [2.24, 2.45) is 0 Å². The molecule has 0 saturated carbocycles. The number of ether oxygens (including phenoxy) is 1. The van der Waals surface area contributed by atoms with Crippen molar-refractivity contribution in [3.63, 3.8) is 0 Å². The molecule has 0 radical (unpaired) electrons. The molecule has 3 rings (SSSR count). The second-order valence-electron chi connectivity index (χ2n) is 6.74. The van der Waals surface area contributed by atoms with Gasteiger partial charge in [0.15, 0.2) is 0 Å². The molecule has 0 aromatic heterocycles. The zero-order valence-corrected chi connectivity index (χ0v) is 18.4. The van der Waals surface area contributed by atoms with Crippen molar-refractivity contribution in [3.8, 4) is 11.8 Å². The highest BCUT2D eigenvalue weighted by Crippen LogP contribution is 2.28. The van der Waals surface area contributed by atoms with Crippen LogP contribution in [-0.2, 0) is 17.8 Å². The van der Waals surface area contributed by atoms with Crippen LogP contribution in [0.4, 0.5) is 5.69 Å². The van der Waals surface area contributed by atoms with Gasteiger partial charge in [0.25, 0.3) is 5.91 Å². The fourth-order valence-corrected chi connectivity index (χ4v) is 3.27. The molecule has 0 fully saturated rings. The number of amides is 1. The Balaban J connectivity index is 1.70. The highest BCUT2D eigenvalue weighted by Gasteiger charge is 2.11. The van der Waals surface area contributed by atoms with Crippen LogP contribution >= 0.6 is 23.2 Å². The number of rotatable bonds is 7. The van der Waals surface area contributed by atoms with Crippen LogP contribution in [0.15, 0.2) is 72.3 Å². The van der Waals surface area contributed by atoms with Gasteiger partial charge in [0.2, 0.25) is 0 Å². The maximum Gasteiger partial charge on any atom is 0.266 e. The molecule has 0 aliphatic rings. The molecule has 0 spiro atoms. The molecule has 156 valence electrons. The molecule has 3 aromatic carbocycles. The van der Waals surface area contributed by atoms with E-state index in [1.165, 1.54) is 11.6 Å². The first-order chi connectivity index (χ1) is 15.0. The molecule has 0 unspecified atom stereocenters. The van der Waals surface area contributed by atoms with Crippen LogP contribution in [-0.4, -0.2) is 5.91 Å². The van der Waals surface area contributed by atoms with E-state index in [9.17, 15) is 10.1 Å². The summed E-state index contributed by atoms with van der Waals surface area (Å²) < 4.78 is 5.75. The lowest BCUT2D eigenvalue weighted by Gasteiger charge is -2.10. The minimum atomic E-state index is -0.484. The smallest absolute Gasteiger partial charge is 0.266 e. The van der Waals surface area contributed by atoms with E-state index in [1.54, 1.807) is 24.3 Å². The van der Waals surface area contributed by atoms with E-state index in [0.717, 1.165) is 12.0 Å². The van der Waals surface area contributed by atoms with Gasteiger partial charge in [-0.2, -0.15) is 5.26 Å². The second-order valence-corrected chi connectivity index (χ2v) is 7.56. The SMILES string of the molecule is CCc1ccc(NC(=O)/C(C#N)=C/c2ccc(OCc3ccccc3Cl)c(Cl)c2)cc1. The highest BCUT2D eigenvalue weighted by atomic mass is 35.5. The summed E-state index contributed by atoms with van der Waals surface area (Å²) in [6.07, 6.45) is 2.40. The lowest BCUT2D eigenvalue weighted by atomic mass is 10.1. The molecule has 0 bridgehead atoms. The largest absolute Gasteiger partial charge is 0.487 e. The molecule has 4 nitrogen and oxygen atoms in total. The summed E-state index contributed by atoms with van der Waals surface area (Å²) in [4.78, 5) is 12.5. The van der Waals surface area contributed by atoms with Crippen molar-refractivity contribution in [1.29, 1.82) is 5.26 Å². The number of hydrogen-bond donors (Lipinski definition) is 1. The molecule has 3 aromatic rings. The van der Waals surface area contributed by atoms with Crippen LogP contribution in [0.5, 0.6) is 5.75 Å². The first kappa shape index (κ1) is 22.4. The summed E-state index contributed by atoms with van der Waals surface area (Å²) in [6, 6.07) is 21.9. The van der Waals surface area contributed by atoms with E-state index >= 15 is 0 Å². The second kappa shape index (κ2) is 10.7. The van der Waals surface area contributed by atoms with E-state index in [0.29, 0.717) is 27.0 Å². The van der Waals surface area contributed by atoms with Gasteiger partial charge in [-0.25, -0.2) is 0 Å². The summed E-state index contributed by atoms with van der Waals surface area (Å²) in [5.74, 6) is -0.000346. The minimum Gasteiger partial charge on any atom is -0.487 e. The Morgan fingerprint density at radius 3 is 2.45 bits per heavy atom. The number of aryl methyl sites for hydroxylation is 1. The Morgan fingerprint density at radius 2 is 1.81 bits per heavy atom. The number of carbonyl (C=O) groups is 1.